The van der Waals surface area contributed by atoms with E-state index in [1.54, 1.807) is 13.0 Å². The molecule has 0 atom stereocenters. The highest BCUT2D eigenvalue weighted by Gasteiger charge is 2.32. The lowest BCUT2D eigenvalue weighted by molar-refractivity contribution is -0.138. The van der Waals surface area contributed by atoms with Crippen LogP contribution in [0.1, 0.15) is 18.4 Å². The average Bonchev–Trinajstić information content (AvgIpc) is 3.09. The van der Waals surface area contributed by atoms with Gasteiger partial charge in [-0.1, -0.05) is 23.2 Å². The Hall–Kier alpha value is -1.26. The summed E-state index contributed by atoms with van der Waals surface area (Å²) in [7, 11) is 0. The van der Waals surface area contributed by atoms with Gasteiger partial charge in [-0.25, -0.2) is 4.79 Å². The van der Waals surface area contributed by atoms with E-state index in [-0.39, 0.29) is 5.92 Å². The number of anilines is 1. The average molecular weight is 288 g/mol. The molecule has 0 unspecified atom stereocenters. The minimum absolute atomic E-state index is 0.120. The van der Waals surface area contributed by atoms with Gasteiger partial charge < -0.3 is 4.74 Å². The highest BCUT2D eigenvalue weighted by Crippen LogP contribution is 2.31. The fourth-order valence-electron chi connectivity index (χ4n) is 1.41. The second kappa shape index (κ2) is 5.16. The van der Waals surface area contributed by atoms with E-state index in [4.69, 9.17) is 23.2 Å². The molecule has 6 heteroatoms. The lowest BCUT2D eigenvalue weighted by Gasteiger charge is -2.09. The van der Waals surface area contributed by atoms with Crippen LogP contribution in [0.15, 0.2) is 12.1 Å². The number of esters is 1. The van der Waals surface area contributed by atoms with Crippen molar-refractivity contribution in [3.8, 4) is 0 Å². The lowest BCUT2D eigenvalue weighted by Crippen LogP contribution is -2.19. The maximum Gasteiger partial charge on any atom is 0.419 e. The Morgan fingerprint density at radius 1 is 1.28 bits per heavy atom. The maximum absolute atomic E-state index is 11.5. The Kier molecular flexibility index (Phi) is 3.78. The minimum Gasteiger partial charge on any atom is -0.376 e. The van der Waals surface area contributed by atoms with Crippen LogP contribution in [0, 0.1) is 12.8 Å². The Morgan fingerprint density at radius 2 is 1.89 bits per heavy atom. The van der Waals surface area contributed by atoms with Gasteiger partial charge in [0, 0.05) is 5.69 Å². The van der Waals surface area contributed by atoms with Gasteiger partial charge in [0.2, 0.25) is 0 Å². The Labute approximate surface area is 114 Å². The Morgan fingerprint density at radius 3 is 2.50 bits per heavy atom. The first-order valence-electron chi connectivity index (χ1n) is 5.45. The second-order valence-electron chi connectivity index (χ2n) is 4.19. The van der Waals surface area contributed by atoms with Crippen molar-refractivity contribution in [1.29, 1.82) is 0 Å². The molecule has 0 spiro atoms. The first-order valence-corrected chi connectivity index (χ1v) is 6.21. The standard InChI is InChI=1S/C12H11Cl2NO3/c1-6-4-8(13)9(14)5-10(6)15-12(17)18-11(16)7-2-3-7/h4-5,7H,2-3H2,1H3,(H,15,17). The quantitative estimate of drug-likeness (QED) is 0.665. The van der Waals surface area contributed by atoms with E-state index in [0.717, 1.165) is 18.4 Å². The number of halogens is 2. The van der Waals surface area contributed by atoms with Crippen LogP contribution in [0.25, 0.3) is 0 Å². The second-order valence-corrected chi connectivity index (χ2v) is 5.00. The fourth-order valence-corrected chi connectivity index (χ4v) is 1.79. The number of nitrogens with one attached hydrogen (secondary N) is 1. The molecule has 1 aromatic rings. The fraction of sp³-hybridized carbons (Fsp3) is 0.333. The zero-order valence-corrected chi connectivity index (χ0v) is 11.1. The molecule has 1 fully saturated rings. The number of rotatable bonds is 2. The van der Waals surface area contributed by atoms with E-state index in [2.05, 4.69) is 10.1 Å². The van der Waals surface area contributed by atoms with Crippen molar-refractivity contribution in [2.24, 2.45) is 5.92 Å². The molecule has 1 saturated carbocycles. The van der Waals surface area contributed by atoms with Gasteiger partial charge >= 0.3 is 12.1 Å². The summed E-state index contributed by atoms with van der Waals surface area (Å²) in [5.41, 5.74) is 1.21. The van der Waals surface area contributed by atoms with Crippen molar-refractivity contribution in [2.45, 2.75) is 19.8 Å². The van der Waals surface area contributed by atoms with Crippen LogP contribution in [-0.4, -0.2) is 12.1 Å². The van der Waals surface area contributed by atoms with Gasteiger partial charge in [-0.15, -0.1) is 0 Å². The number of carbonyl (C=O) groups excluding carboxylic acids is 2. The van der Waals surface area contributed by atoms with Gasteiger partial charge in [0.15, 0.2) is 0 Å². The molecule has 1 aromatic carbocycles. The van der Waals surface area contributed by atoms with Crippen molar-refractivity contribution < 1.29 is 14.3 Å². The summed E-state index contributed by atoms with van der Waals surface area (Å²) in [6.07, 6.45) is 0.781. The summed E-state index contributed by atoms with van der Waals surface area (Å²) < 4.78 is 4.64. The molecular weight excluding hydrogens is 277 g/mol. The predicted molar refractivity (Wildman–Crippen MR) is 69.0 cm³/mol. The van der Waals surface area contributed by atoms with E-state index in [1.165, 1.54) is 6.07 Å². The number of hydrogen-bond donors (Lipinski definition) is 1. The summed E-state index contributed by atoms with van der Waals surface area (Å²) in [4.78, 5) is 22.8. The Bertz CT molecular complexity index is 512. The molecule has 0 bridgehead atoms. The molecule has 18 heavy (non-hydrogen) atoms. The van der Waals surface area contributed by atoms with Gasteiger partial charge in [0.1, 0.15) is 0 Å². The molecule has 96 valence electrons. The summed E-state index contributed by atoms with van der Waals surface area (Å²) >= 11 is 11.7. The van der Waals surface area contributed by atoms with Gasteiger partial charge in [-0.3, -0.25) is 10.1 Å². The van der Waals surface area contributed by atoms with Crippen LogP contribution >= 0.6 is 23.2 Å². The van der Waals surface area contributed by atoms with E-state index < -0.39 is 12.1 Å². The molecule has 0 heterocycles. The molecule has 1 aliphatic rings. The maximum atomic E-state index is 11.5. The third-order valence-corrected chi connectivity index (χ3v) is 3.33. The topological polar surface area (TPSA) is 55.4 Å². The van der Waals surface area contributed by atoms with E-state index in [1.807, 2.05) is 0 Å². The SMILES string of the molecule is Cc1cc(Cl)c(Cl)cc1NC(=O)OC(=O)C1CC1. The van der Waals surface area contributed by atoms with Crippen molar-refractivity contribution in [3.05, 3.63) is 27.7 Å². The van der Waals surface area contributed by atoms with Crippen molar-refractivity contribution in [1.82, 2.24) is 0 Å². The van der Waals surface area contributed by atoms with Crippen LogP contribution in [-0.2, 0) is 9.53 Å². The molecule has 2 rings (SSSR count). The Balaban J connectivity index is 2.02. The number of carbonyl (C=O) groups is 2. The molecule has 0 aromatic heterocycles. The number of benzene rings is 1. The summed E-state index contributed by atoms with van der Waals surface area (Å²) in [5.74, 6) is -0.601. The van der Waals surface area contributed by atoms with Gasteiger partial charge in [0.25, 0.3) is 0 Å². The molecule has 1 amide bonds. The van der Waals surface area contributed by atoms with Crippen molar-refractivity contribution in [3.63, 3.8) is 0 Å². The molecule has 0 radical (unpaired) electrons. The van der Waals surface area contributed by atoms with Gasteiger partial charge in [0.05, 0.1) is 16.0 Å². The van der Waals surface area contributed by atoms with Crippen LogP contribution < -0.4 is 5.32 Å². The summed E-state index contributed by atoms with van der Waals surface area (Å²) in [6, 6.07) is 3.14. The van der Waals surface area contributed by atoms with Crippen LogP contribution in [0.4, 0.5) is 10.5 Å². The molecule has 1 N–H and O–H groups in total. The monoisotopic (exact) mass is 287 g/mol. The smallest absolute Gasteiger partial charge is 0.376 e. The number of hydrogen-bond acceptors (Lipinski definition) is 3. The largest absolute Gasteiger partial charge is 0.419 e. The van der Waals surface area contributed by atoms with Crippen LogP contribution in [0.2, 0.25) is 10.0 Å². The predicted octanol–water partition coefficient (Wildman–Crippen LogP) is 3.79. The van der Waals surface area contributed by atoms with Crippen molar-refractivity contribution >= 4 is 41.0 Å². The molecule has 0 aliphatic heterocycles. The third kappa shape index (κ3) is 3.15. The first kappa shape index (κ1) is 13.2. The number of amides is 1. The highest BCUT2D eigenvalue weighted by molar-refractivity contribution is 6.42. The normalized spacial score (nSPS) is 14.2. The van der Waals surface area contributed by atoms with Crippen molar-refractivity contribution in [2.75, 3.05) is 5.32 Å². The van der Waals surface area contributed by atoms with Crippen LogP contribution in [0.5, 0.6) is 0 Å². The minimum atomic E-state index is -0.798. The van der Waals surface area contributed by atoms with E-state index >= 15 is 0 Å². The molecular formula is C12H11Cl2NO3. The molecule has 0 saturated heterocycles. The third-order valence-electron chi connectivity index (χ3n) is 2.61. The number of ether oxygens (including phenoxy) is 1. The zero-order chi connectivity index (χ0) is 13.3. The van der Waals surface area contributed by atoms with Gasteiger partial charge in [-0.05, 0) is 37.5 Å². The highest BCUT2D eigenvalue weighted by atomic mass is 35.5. The number of aryl methyl sites for hydroxylation is 1. The van der Waals surface area contributed by atoms with E-state index in [9.17, 15) is 9.59 Å². The first-order chi connectivity index (χ1) is 8.47. The lowest BCUT2D eigenvalue weighted by atomic mass is 10.2. The molecule has 1 aliphatic carbocycles. The van der Waals surface area contributed by atoms with Crippen LogP contribution in [0.3, 0.4) is 0 Å². The molecule has 4 nitrogen and oxygen atoms in total. The zero-order valence-electron chi connectivity index (χ0n) is 9.63. The van der Waals surface area contributed by atoms with E-state index in [0.29, 0.717) is 15.7 Å². The van der Waals surface area contributed by atoms with Gasteiger partial charge in [-0.2, -0.15) is 0 Å². The summed E-state index contributed by atoms with van der Waals surface area (Å²) in [5, 5.41) is 3.20. The summed E-state index contributed by atoms with van der Waals surface area (Å²) in [6.45, 7) is 1.76.